The van der Waals surface area contributed by atoms with Crippen molar-refractivity contribution in [2.45, 2.75) is 13.5 Å². The van der Waals surface area contributed by atoms with Gasteiger partial charge in [0.15, 0.2) is 4.96 Å². The molecule has 0 unspecified atom stereocenters. The largest absolute Gasteiger partial charge is 0.379 e. The van der Waals surface area contributed by atoms with Crippen LogP contribution in [-0.2, 0) is 6.54 Å². The van der Waals surface area contributed by atoms with E-state index in [2.05, 4.69) is 10.3 Å². The molecular weight excluding hydrogens is 312 g/mol. The molecule has 2 aromatic heterocycles. The molecule has 1 N–H and O–H groups in total. The van der Waals surface area contributed by atoms with Crippen molar-refractivity contribution in [3.63, 3.8) is 0 Å². The van der Waals surface area contributed by atoms with Crippen molar-refractivity contribution in [3.05, 3.63) is 56.3 Å². The molecule has 8 heteroatoms. The van der Waals surface area contributed by atoms with Gasteiger partial charge in [0.05, 0.1) is 22.9 Å². The van der Waals surface area contributed by atoms with Crippen LogP contribution in [0.2, 0.25) is 5.02 Å². The van der Waals surface area contributed by atoms with Crippen LogP contribution in [0.4, 0.5) is 11.4 Å². The molecular formula is C13H11ClN4O2S. The number of hydrogen-bond acceptors (Lipinski definition) is 5. The second-order valence-corrected chi connectivity index (χ2v) is 5.76. The smallest absolute Gasteiger partial charge is 0.288 e. The van der Waals surface area contributed by atoms with E-state index >= 15 is 0 Å². The number of aryl methyl sites for hydroxylation is 1. The van der Waals surface area contributed by atoms with Gasteiger partial charge in [-0.1, -0.05) is 11.6 Å². The number of aromatic nitrogens is 2. The van der Waals surface area contributed by atoms with Crippen LogP contribution in [0.5, 0.6) is 0 Å². The number of nitro groups is 1. The molecule has 21 heavy (non-hydrogen) atoms. The summed E-state index contributed by atoms with van der Waals surface area (Å²) in [7, 11) is 0. The van der Waals surface area contributed by atoms with Gasteiger partial charge >= 0.3 is 0 Å². The third-order valence-electron chi connectivity index (χ3n) is 3.17. The van der Waals surface area contributed by atoms with Gasteiger partial charge in [0.2, 0.25) is 0 Å². The lowest BCUT2D eigenvalue weighted by atomic mass is 10.2. The second-order valence-electron chi connectivity index (χ2n) is 4.48. The van der Waals surface area contributed by atoms with Gasteiger partial charge in [0.1, 0.15) is 5.02 Å². The Morgan fingerprint density at radius 1 is 1.52 bits per heavy atom. The fourth-order valence-corrected chi connectivity index (χ4v) is 3.13. The minimum Gasteiger partial charge on any atom is -0.379 e. The first-order valence-corrected chi connectivity index (χ1v) is 7.41. The number of halogens is 1. The predicted octanol–water partition coefficient (Wildman–Crippen LogP) is 3.88. The maximum Gasteiger partial charge on any atom is 0.288 e. The molecule has 0 atom stereocenters. The molecule has 0 aliphatic rings. The number of anilines is 1. The number of rotatable bonds is 4. The van der Waals surface area contributed by atoms with Crippen molar-refractivity contribution in [3.8, 4) is 0 Å². The Bertz CT molecular complexity index is 827. The van der Waals surface area contributed by atoms with Gasteiger partial charge in [-0.05, 0) is 19.1 Å². The monoisotopic (exact) mass is 322 g/mol. The van der Waals surface area contributed by atoms with Gasteiger partial charge in [0.25, 0.3) is 5.69 Å². The van der Waals surface area contributed by atoms with E-state index in [9.17, 15) is 10.1 Å². The maximum absolute atomic E-state index is 10.7. The molecule has 0 radical (unpaired) electrons. The molecule has 0 aliphatic heterocycles. The van der Waals surface area contributed by atoms with Crippen LogP contribution in [0.15, 0.2) is 29.8 Å². The highest BCUT2D eigenvalue weighted by molar-refractivity contribution is 7.15. The number of imidazole rings is 1. The van der Waals surface area contributed by atoms with Gasteiger partial charge < -0.3 is 5.32 Å². The van der Waals surface area contributed by atoms with E-state index in [-0.39, 0.29) is 10.7 Å². The molecule has 6 nitrogen and oxygen atoms in total. The van der Waals surface area contributed by atoms with E-state index in [1.165, 1.54) is 6.07 Å². The lowest BCUT2D eigenvalue weighted by Crippen LogP contribution is -2.03. The fraction of sp³-hybridized carbons (Fsp3) is 0.154. The third-order valence-corrected chi connectivity index (χ3v) is 4.22. The first kappa shape index (κ1) is 13.8. The number of nitrogens with zero attached hydrogens (tertiary/aromatic N) is 3. The zero-order valence-corrected chi connectivity index (χ0v) is 12.6. The van der Waals surface area contributed by atoms with Crippen molar-refractivity contribution in [1.82, 2.24) is 9.38 Å². The Kier molecular flexibility index (Phi) is 3.52. The molecule has 0 spiro atoms. The number of hydrogen-bond donors (Lipinski definition) is 1. The summed E-state index contributed by atoms with van der Waals surface area (Å²) in [5.74, 6) is 0. The average Bonchev–Trinajstić information content (AvgIpc) is 2.97. The maximum atomic E-state index is 10.7. The Hall–Kier alpha value is -2.12. The zero-order valence-electron chi connectivity index (χ0n) is 11.0. The van der Waals surface area contributed by atoms with E-state index in [4.69, 9.17) is 11.6 Å². The molecule has 3 aromatic rings. The minimum atomic E-state index is -0.498. The van der Waals surface area contributed by atoms with Crippen LogP contribution in [0.25, 0.3) is 4.96 Å². The highest BCUT2D eigenvalue weighted by atomic mass is 35.5. The summed E-state index contributed by atoms with van der Waals surface area (Å²) >= 11 is 7.48. The molecule has 0 fully saturated rings. The molecule has 0 saturated carbocycles. The van der Waals surface area contributed by atoms with Gasteiger partial charge in [-0.2, -0.15) is 0 Å². The van der Waals surface area contributed by atoms with E-state index in [1.807, 2.05) is 22.9 Å². The summed E-state index contributed by atoms with van der Waals surface area (Å²) < 4.78 is 2.03. The summed E-state index contributed by atoms with van der Waals surface area (Å²) in [5, 5.41) is 16.0. The van der Waals surface area contributed by atoms with E-state index < -0.39 is 4.92 Å². The Morgan fingerprint density at radius 3 is 3.05 bits per heavy atom. The molecule has 0 aliphatic carbocycles. The molecule has 0 amide bonds. The van der Waals surface area contributed by atoms with Crippen molar-refractivity contribution >= 4 is 39.3 Å². The Morgan fingerprint density at radius 2 is 2.33 bits per heavy atom. The van der Waals surface area contributed by atoms with Crippen LogP contribution < -0.4 is 5.32 Å². The molecule has 3 rings (SSSR count). The van der Waals surface area contributed by atoms with Crippen LogP contribution >= 0.6 is 22.9 Å². The van der Waals surface area contributed by atoms with Gasteiger partial charge in [-0.15, -0.1) is 11.3 Å². The molecule has 108 valence electrons. The standard InChI is InChI=1S/C13H11ClN4O2S/c1-8-12(17-4-5-21-13(17)16-8)7-15-9-2-3-11(18(19)20)10(14)6-9/h2-6,15H,7H2,1H3. The number of nitrogens with one attached hydrogen (secondary N) is 1. The molecule has 2 heterocycles. The number of benzene rings is 1. The fourth-order valence-electron chi connectivity index (χ4n) is 2.10. The third kappa shape index (κ3) is 2.57. The summed E-state index contributed by atoms with van der Waals surface area (Å²) in [6.45, 7) is 2.53. The quantitative estimate of drug-likeness (QED) is 0.584. The van der Waals surface area contributed by atoms with Crippen molar-refractivity contribution in [2.75, 3.05) is 5.32 Å². The van der Waals surface area contributed by atoms with E-state index in [0.717, 1.165) is 22.0 Å². The van der Waals surface area contributed by atoms with Gasteiger partial charge in [-0.25, -0.2) is 4.98 Å². The van der Waals surface area contributed by atoms with Crippen LogP contribution in [-0.4, -0.2) is 14.3 Å². The first-order chi connectivity index (χ1) is 10.1. The van der Waals surface area contributed by atoms with Crippen LogP contribution in [0, 0.1) is 17.0 Å². The Labute approximate surface area is 129 Å². The topological polar surface area (TPSA) is 72.5 Å². The average molecular weight is 323 g/mol. The number of nitro benzene ring substituents is 1. The van der Waals surface area contributed by atoms with Crippen molar-refractivity contribution in [2.24, 2.45) is 0 Å². The lowest BCUT2D eigenvalue weighted by Gasteiger charge is -2.07. The van der Waals surface area contributed by atoms with Crippen molar-refractivity contribution in [1.29, 1.82) is 0 Å². The summed E-state index contributed by atoms with van der Waals surface area (Å²) in [5.41, 5.74) is 2.65. The summed E-state index contributed by atoms with van der Waals surface area (Å²) in [4.78, 5) is 15.6. The SMILES string of the molecule is Cc1nc2sccn2c1CNc1ccc([N+](=O)[O-])c(Cl)c1. The Balaban J connectivity index is 1.81. The van der Waals surface area contributed by atoms with Crippen LogP contribution in [0.3, 0.4) is 0 Å². The molecule has 0 saturated heterocycles. The zero-order chi connectivity index (χ0) is 15.0. The first-order valence-electron chi connectivity index (χ1n) is 6.15. The van der Waals surface area contributed by atoms with Crippen molar-refractivity contribution < 1.29 is 4.92 Å². The highest BCUT2D eigenvalue weighted by Crippen LogP contribution is 2.27. The lowest BCUT2D eigenvalue weighted by molar-refractivity contribution is -0.384. The second kappa shape index (κ2) is 5.34. The number of thiazole rings is 1. The summed E-state index contributed by atoms with van der Waals surface area (Å²) in [6.07, 6.45) is 1.97. The van der Waals surface area contributed by atoms with Crippen LogP contribution in [0.1, 0.15) is 11.4 Å². The number of fused-ring (bicyclic) bond motifs is 1. The van der Waals surface area contributed by atoms with Gasteiger partial charge in [0, 0.05) is 23.3 Å². The highest BCUT2D eigenvalue weighted by Gasteiger charge is 2.13. The normalized spacial score (nSPS) is 11.0. The predicted molar refractivity (Wildman–Crippen MR) is 83.2 cm³/mol. The summed E-state index contributed by atoms with van der Waals surface area (Å²) in [6, 6.07) is 4.60. The molecule has 1 aromatic carbocycles. The van der Waals surface area contributed by atoms with Gasteiger partial charge in [-0.3, -0.25) is 14.5 Å². The van der Waals surface area contributed by atoms with E-state index in [1.54, 1.807) is 23.5 Å². The van der Waals surface area contributed by atoms with E-state index in [0.29, 0.717) is 6.54 Å². The molecule has 0 bridgehead atoms. The minimum absolute atomic E-state index is 0.0945.